The van der Waals surface area contributed by atoms with E-state index < -0.39 is 17.9 Å². The molecule has 2 heterocycles. The maximum atomic E-state index is 14.2. The van der Waals surface area contributed by atoms with Gasteiger partial charge in [-0.05, 0) is 32.4 Å². The van der Waals surface area contributed by atoms with Crippen molar-refractivity contribution in [3.63, 3.8) is 0 Å². The number of urea groups is 1. The Morgan fingerprint density at radius 2 is 2.00 bits per heavy atom. The van der Waals surface area contributed by atoms with Gasteiger partial charge in [0.1, 0.15) is 11.6 Å². The van der Waals surface area contributed by atoms with Gasteiger partial charge in [-0.15, -0.1) is 13.2 Å². The van der Waals surface area contributed by atoms with E-state index in [4.69, 9.17) is 0 Å². The summed E-state index contributed by atoms with van der Waals surface area (Å²) in [6.07, 6.45) is -1.99. The number of nitrogens with one attached hydrogen (secondary N) is 2. The fraction of sp³-hybridized carbons (Fsp3) is 0.652. The monoisotopic (exact) mass is 488 g/mol. The van der Waals surface area contributed by atoms with E-state index >= 15 is 0 Å². The Morgan fingerprint density at radius 3 is 2.56 bits per heavy atom. The molecule has 3 aliphatic rings. The van der Waals surface area contributed by atoms with E-state index in [0.717, 1.165) is 31.5 Å². The second-order valence-electron chi connectivity index (χ2n) is 9.11. The number of piperidine rings is 1. The van der Waals surface area contributed by atoms with Crippen molar-refractivity contribution in [3.05, 3.63) is 29.6 Å². The second kappa shape index (κ2) is 10.4. The average Bonchev–Trinajstić information content (AvgIpc) is 3.51. The van der Waals surface area contributed by atoms with Crippen LogP contribution < -0.4 is 15.4 Å². The number of alkyl halides is 3. The topological polar surface area (TPSA) is 73.9 Å². The summed E-state index contributed by atoms with van der Waals surface area (Å²) >= 11 is 0. The first-order valence-electron chi connectivity index (χ1n) is 11.6. The Kier molecular flexibility index (Phi) is 7.95. The van der Waals surface area contributed by atoms with Gasteiger partial charge in [0.05, 0.1) is 0 Å². The Labute approximate surface area is 196 Å². The number of carbonyl (C=O) groups excluding carboxylic acids is 2. The number of likely N-dealkylation sites (N-methyl/N-ethyl adjacent to an activating group) is 1. The molecule has 2 saturated heterocycles. The summed E-state index contributed by atoms with van der Waals surface area (Å²) in [7, 11) is 1.97. The molecule has 0 aromatic heterocycles. The maximum Gasteiger partial charge on any atom is 0.573 e. The predicted octanol–water partition coefficient (Wildman–Crippen LogP) is 3.63. The fourth-order valence-electron chi connectivity index (χ4n) is 4.93. The molecule has 1 aromatic rings. The van der Waals surface area contributed by atoms with Crippen molar-refractivity contribution < 1.29 is 31.9 Å². The van der Waals surface area contributed by atoms with Crippen molar-refractivity contribution in [2.24, 2.45) is 5.41 Å². The van der Waals surface area contributed by atoms with Crippen molar-refractivity contribution in [3.8, 4) is 5.75 Å². The molecule has 3 fully saturated rings. The lowest BCUT2D eigenvalue weighted by Crippen LogP contribution is -2.58. The number of nitrogens with zero attached hydrogens (tertiary/aromatic N) is 2. The lowest BCUT2D eigenvalue weighted by atomic mass is 9.77. The molecular formula is C23H32F4N4O3. The van der Waals surface area contributed by atoms with E-state index in [9.17, 15) is 27.2 Å². The number of carbonyl (C=O) groups is 2. The van der Waals surface area contributed by atoms with E-state index in [2.05, 4.69) is 20.3 Å². The van der Waals surface area contributed by atoms with Crippen LogP contribution in [0, 0.1) is 11.2 Å². The van der Waals surface area contributed by atoms with Gasteiger partial charge < -0.3 is 25.2 Å². The minimum absolute atomic E-state index is 0.0231. The van der Waals surface area contributed by atoms with Gasteiger partial charge in [0.25, 0.3) is 0 Å². The zero-order chi connectivity index (χ0) is 25.1. The van der Waals surface area contributed by atoms with Crippen LogP contribution in [0.2, 0.25) is 0 Å². The summed E-state index contributed by atoms with van der Waals surface area (Å²) in [4.78, 5) is 28.8. The zero-order valence-corrected chi connectivity index (χ0v) is 19.7. The fourth-order valence-corrected chi connectivity index (χ4v) is 4.93. The average molecular weight is 489 g/mol. The summed E-state index contributed by atoms with van der Waals surface area (Å²) in [6.45, 7) is 5.88. The van der Waals surface area contributed by atoms with Crippen molar-refractivity contribution in [1.29, 1.82) is 0 Å². The lowest BCUT2D eigenvalue weighted by Gasteiger charge is -2.46. The first-order chi connectivity index (χ1) is 16.0. The third kappa shape index (κ3) is 6.52. The van der Waals surface area contributed by atoms with Crippen molar-refractivity contribution in [1.82, 2.24) is 20.4 Å². The molecule has 2 unspecified atom stereocenters. The van der Waals surface area contributed by atoms with Crippen LogP contribution in [0.3, 0.4) is 0 Å². The molecule has 2 atom stereocenters. The summed E-state index contributed by atoms with van der Waals surface area (Å²) in [5.41, 5.74) is -0.144. The van der Waals surface area contributed by atoms with E-state index in [1.165, 1.54) is 0 Å². The molecule has 3 amide bonds. The molecule has 34 heavy (non-hydrogen) atoms. The number of rotatable bonds is 5. The summed E-state index contributed by atoms with van der Waals surface area (Å²) < 4.78 is 54.8. The van der Waals surface area contributed by atoms with Crippen molar-refractivity contribution in [2.45, 2.75) is 64.5 Å². The molecule has 0 radical (unpaired) electrons. The zero-order valence-electron chi connectivity index (χ0n) is 19.7. The highest BCUT2D eigenvalue weighted by Gasteiger charge is 2.48. The number of amides is 3. The van der Waals surface area contributed by atoms with Crippen LogP contribution in [0.4, 0.5) is 22.4 Å². The molecule has 11 heteroatoms. The SMILES string of the molecule is CC.CN1CC(N(C(=O)NCc2ccc(OC(F)(F)F)cc2F)C2CC2)CC2(CNC(=O)C2)C1. The molecule has 1 spiro atoms. The standard InChI is InChI=1S/C21H26F4N4O3.C2H6/c1-28-10-15(7-20(12-28)8-18(30)27-11-20)29(14-3-4-14)19(31)26-9-13-2-5-16(6-17(13)22)32-21(23,24)25;1-2/h2,5-6,14-15H,3-4,7-12H2,1H3,(H,26,31)(H,27,30);1-2H3. The molecule has 0 bridgehead atoms. The maximum absolute atomic E-state index is 14.2. The van der Waals surface area contributed by atoms with Gasteiger partial charge >= 0.3 is 12.4 Å². The Bertz CT molecular complexity index is 893. The Morgan fingerprint density at radius 1 is 1.29 bits per heavy atom. The minimum atomic E-state index is -4.91. The van der Waals surface area contributed by atoms with Crippen LogP contribution >= 0.6 is 0 Å². The van der Waals surface area contributed by atoms with Gasteiger partial charge in [-0.2, -0.15) is 0 Å². The third-order valence-corrected chi connectivity index (χ3v) is 6.25. The highest BCUT2D eigenvalue weighted by atomic mass is 19.4. The van der Waals surface area contributed by atoms with E-state index in [-0.39, 0.29) is 41.5 Å². The predicted molar refractivity (Wildman–Crippen MR) is 117 cm³/mol. The number of hydrogen-bond acceptors (Lipinski definition) is 4. The third-order valence-electron chi connectivity index (χ3n) is 6.25. The van der Waals surface area contributed by atoms with Crippen LogP contribution in [-0.2, 0) is 11.3 Å². The molecule has 4 rings (SSSR count). The molecule has 2 N–H and O–H groups in total. The van der Waals surface area contributed by atoms with Gasteiger partial charge in [0.15, 0.2) is 0 Å². The molecule has 1 saturated carbocycles. The summed E-state index contributed by atoms with van der Waals surface area (Å²) in [5, 5.41) is 5.61. The summed E-state index contributed by atoms with van der Waals surface area (Å²) in [5.74, 6) is -1.52. The van der Waals surface area contributed by atoms with Crippen LogP contribution in [0.25, 0.3) is 0 Å². The van der Waals surface area contributed by atoms with Crippen LogP contribution in [0.1, 0.15) is 45.1 Å². The minimum Gasteiger partial charge on any atom is -0.406 e. The van der Waals surface area contributed by atoms with Crippen LogP contribution in [0.15, 0.2) is 18.2 Å². The number of halogens is 4. The molecule has 1 aliphatic carbocycles. The first-order valence-corrected chi connectivity index (χ1v) is 11.6. The van der Waals surface area contributed by atoms with Crippen molar-refractivity contribution >= 4 is 11.9 Å². The van der Waals surface area contributed by atoms with E-state index in [0.29, 0.717) is 32.0 Å². The van der Waals surface area contributed by atoms with Gasteiger partial charge in [0.2, 0.25) is 5.91 Å². The quantitative estimate of drug-likeness (QED) is 0.621. The summed E-state index contributed by atoms with van der Waals surface area (Å²) in [6, 6.07) is 2.51. The highest BCUT2D eigenvalue weighted by molar-refractivity contribution is 5.79. The Balaban J connectivity index is 0.00000158. The van der Waals surface area contributed by atoms with Gasteiger partial charge in [-0.1, -0.05) is 19.9 Å². The van der Waals surface area contributed by atoms with E-state index in [1.54, 1.807) is 4.90 Å². The highest BCUT2D eigenvalue weighted by Crippen LogP contribution is 2.40. The molecule has 190 valence electrons. The molecule has 1 aromatic carbocycles. The van der Waals surface area contributed by atoms with Crippen molar-refractivity contribution in [2.75, 3.05) is 26.7 Å². The van der Waals surface area contributed by atoms with Gasteiger partial charge in [-0.3, -0.25) is 4.79 Å². The molecule has 7 nitrogen and oxygen atoms in total. The lowest BCUT2D eigenvalue weighted by molar-refractivity contribution is -0.274. The number of likely N-dealkylation sites (tertiary alicyclic amines) is 1. The molecule has 2 aliphatic heterocycles. The first kappa shape index (κ1) is 26.1. The molecular weight excluding hydrogens is 456 g/mol. The van der Waals surface area contributed by atoms with Crippen LogP contribution in [0.5, 0.6) is 5.75 Å². The second-order valence-corrected chi connectivity index (χ2v) is 9.11. The van der Waals surface area contributed by atoms with E-state index in [1.807, 2.05) is 20.9 Å². The van der Waals surface area contributed by atoms with Gasteiger partial charge in [0, 0.05) is 61.7 Å². The smallest absolute Gasteiger partial charge is 0.406 e. The number of ether oxygens (including phenoxy) is 1. The number of hydrogen-bond donors (Lipinski definition) is 2. The largest absolute Gasteiger partial charge is 0.573 e. The normalized spacial score (nSPS) is 24.8. The Hall–Kier alpha value is -2.56. The van der Waals surface area contributed by atoms with Gasteiger partial charge in [-0.25, -0.2) is 9.18 Å². The number of benzene rings is 1. The van der Waals surface area contributed by atoms with Crippen LogP contribution in [-0.4, -0.2) is 66.9 Å².